The number of hydrogen-bond acceptors (Lipinski definition) is 4. The second-order valence-corrected chi connectivity index (χ2v) is 16.7. The van der Waals surface area contributed by atoms with Gasteiger partial charge in [0.05, 0.1) is 11.1 Å². The fourth-order valence-corrected chi connectivity index (χ4v) is 11.3. The number of rotatable bonds is 3. The van der Waals surface area contributed by atoms with Crippen molar-refractivity contribution in [3.8, 4) is 6.07 Å². The van der Waals surface area contributed by atoms with E-state index >= 15 is 0 Å². The Morgan fingerprint density at radius 3 is 2.27 bits per heavy atom. The first kappa shape index (κ1) is 30.8. The summed E-state index contributed by atoms with van der Waals surface area (Å²) in [5.41, 5.74) is -0.381. The SMILES string of the molecule is CC1(C)CC[C@]2(N(Cc3ccccc3)C(=O)O)CC[C@]3(C)[C@H](C(=O)C=C4[C@@]5(C)C=C(C#N)C(=O)C(C)(C)[C@@H]5CC[C@]43C)[C@@H]2C1. The maximum Gasteiger partial charge on any atom is 0.408 e. The molecule has 0 aliphatic heterocycles. The molecule has 3 saturated carbocycles. The van der Waals surface area contributed by atoms with E-state index in [9.17, 15) is 24.8 Å². The Hall–Kier alpha value is -3.20. The summed E-state index contributed by atoms with van der Waals surface area (Å²) in [5.74, 6) is -0.416. The fourth-order valence-electron chi connectivity index (χ4n) is 11.3. The molecule has 0 spiro atoms. The summed E-state index contributed by atoms with van der Waals surface area (Å²) in [6, 6.07) is 12.0. The third-order valence-corrected chi connectivity index (χ3v) is 13.8. The van der Waals surface area contributed by atoms with Crippen LogP contribution < -0.4 is 0 Å². The van der Waals surface area contributed by atoms with Gasteiger partial charge >= 0.3 is 6.09 Å². The van der Waals surface area contributed by atoms with Crippen molar-refractivity contribution >= 4 is 17.7 Å². The zero-order valence-corrected chi connectivity index (χ0v) is 27.5. The topological polar surface area (TPSA) is 98.5 Å². The van der Waals surface area contributed by atoms with Gasteiger partial charge in [0.1, 0.15) is 6.07 Å². The smallest absolute Gasteiger partial charge is 0.408 e. The van der Waals surface area contributed by atoms with E-state index in [0.29, 0.717) is 6.54 Å². The second kappa shape index (κ2) is 9.65. The first-order chi connectivity index (χ1) is 20.5. The van der Waals surface area contributed by atoms with Crippen LogP contribution >= 0.6 is 0 Å². The first-order valence-corrected chi connectivity index (χ1v) is 16.5. The molecular weight excluding hydrogens is 548 g/mol. The zero-order chi connectivity index (χ0) is 32.1. The summed E-state index contributed by atoms with van der Waals surface area (Å²) < 4.78 is 0. The lowest BCUT2D eigenvalue weighted by Gasteiger charge is -2.70. The molecule has 5 aliphatic rings. The Labute approximate surface area is 262 Å². The summed E-state index contributed by atoms with van der Waals surface area (Å²) in [6.45, 7) is 15.5. The summed E-state index contributed by atoms with van der Waals surface area (Å²) in [4.78, 5) is 43.0. The number of carbonyl (C=O) groups is 3. The van der Waals surface area contributed by atoms with Gasteiger partial charge in [-0.15, -0.1) is 0 Å². The normalized spacial score (nSPS) is 40.2. The summed E-state index contributed by atoms with van der Waals surface area (Å²) in [7, 11) is 0. The number of Topliss-reactive ketones (excluding diaryl/α,β-unsaturated/α-hetero) is 1. The van der Waals surface area contributed by atoms with Crippen LogP contribution in [-0.4, -0.2) is 33.2 Å². The number of fused-ring (bicyclic) bond motifs is 7. The summed E-state index contributed by atoms with van der Waals surface area (Å²) in [6.07, 6.45) is 8.52. The maximum atomic E-state index is 14.8. The van der Waals surface area contributed by atoms with Crippen LogP contribution in [0.5, 0.6) is 0 Å². The van der Waals surface area contributed by atoms with Gasteiger partial charge in [-0.3, -0.25) is 14.5 Å². The number of nitrogens with zero attached hydrogens (tertiary/aromatic N) is 2. The molecule has 1 aromatic carbocycles. The van der Waals surface area contributed by atoms with Crippen molar-refractivity contribution in [1.82, 2.24) is 4.90 Å². The van der Waals surface area contributed by atoms with Crippen LogP contribution in [0, 0.1) is 56.2 Å². The van der Waals surface area contributed by atoms with Crippen molar-refractivity contribution in [1.29, 1.82) is 5.26 Å². The third-order valence-electron chi connectivity index (χ3n) is 13.8. The Balaban J connectivity index is 1.51. The lowest BCUT2D eigenvalue weighted by Crippen LogP contribution is -2.70. The minimum absolute atomic E-state index is 0.00320. The van der Waals surface area contributed by atoms with Crippen LogP contribution in [0.25, 0.3) is 0 Å². The van der Waals surface area contributed by atoms with Gasteiger partial charge in [0.15, 0.2) is 11.6 Å². The van der Waals surface area contributed by atoms with E-state index in [1.165, 1.54) is 0 Å². The highest BCUT2D eigenvalue weighted by Gasteiger charge is 2.70. The number of hydrogen-bond donors (Lipinski definition) is 1. The highest BCUT2D eigenvalue weighted by molar-refractivity contribution is 6.04. The highest BCUT2D eigenvalue weighted by atomic mass is 16.4. The van der Waals surface area contributed by atoms with E-state index in [-0.39, 0.29) is 51.1 Å². The van der Waals surface area contributed by atoms with Crippen LogP contribution in [0.15, 0.2) is 53.6 Å². The van der Waals surface area contributed by atoms with E-state index in [4.69, 9.17) is 0 Å². The molecule has 0 unspecified atom stereocenters. The molecule has 1 N–H and O–H groups in total. The van der Waals surface area contributed by atoms with E-state index in [2.05, 4.69) is 40.7 Å². The molecule has 5 aliphatic carbocycles. The number of allylic oxidation sites excluding steroid dienone is 4. The molecule has 0 saturated heterocycles. The second-order valence-electron chi connectivity index (χ2n) is 16.7. The van der Waals surface area contributed by atoms with E-state index in [0.717, 1.165) is 56.1 Å². The van der Waals surface area contributed by atoms with Gasteiger partial charge in [0.2, 0.25) is 0 Å². The van der Waals surface area contributed by atoms with Crippen molar-refractivity contribution in [3.63, 3.8) is 0 Å². The van der Waals surface area contributed by atoms with E-state index < -0.39 is 22.5 Å². The number of carbonyl (C=O) groups excluding carboxylic acids is 2. The molecule has 234 valence electrons. The molecule has 1 amide bonds. The van der Waals surface area contributed by atoms with Gasteiger partial charge < -0.3 is 5.11 Å². The van der Waals surface area contributed by atoms with Gasteiger partial charge in [-0.2, -0.15) is 5.26 Å². The third kappa shape index (κ3) is 4.00. The lowest BCUT2D eigenvalue weighted by atomic mass is 9.35. The predicted octanol–water partition coefficient (Wildman–Crippen LogP) is 8.14. The van der Waals surface area contributed by atoms with Crippen molar-refractivity contribution in [2.24, 2.45) is 44.8 Å². The molecular formula is C38H48N2O4. The van der Waals surface area contributed by atoms with Crippen LogP contribution in [0.4, 0.5) is 4.79 Å². The Morgan fingerprint density at radius 2 is 1.64 bits per heavy atom. The number of benzene rings is 1. The quantitative estimate of drug-likeness (QED) is 0.380. The van der Waals surface area contributed by atoms with Crippen molar-refractivity contribution in [3.05, 3.63) is 59.2 Å². The Morgan fingerprint density at radius 1 is 0.977 bits per heavy atom. The number of ketones is 2. The fraction of sp³-hybridized carbons (Fsp3) is 0.632. The average molecular weight is 597 g/mol. The maximum absolute atomic E-state index is 14.8. The molecule has 6 heteroatoms. The molecule has 44 heavy (non-hydrogen) atoms. The minimum atomic E-state index is -0.913. The monoisotopic (exact) mass is 596 g/mol. The largest absolute Gasteiger partial charge is 0.465 e. The molecule has 0 radical (unpaired) electrons. The Kier molecular flexibility index (Phi) is 6.76. The molecule has 3 fully saturated rings. The van der Waals surface area contributed by atoms with Crippen molar-refractivity contribution < 1.29 is 19.5 Å². The number of nitriles is 1. The van der Waals surface area contributed by atoms with Gasteiger partial charge in [-0.1, -0.05) is 90.4 Å². The molecule has 1 aromatic rings. The average Bonchev–Trinajstić information content (AvgIpc) is 2.95. The summed E-state index contributed by atoms with van der Waals surface area (Å²) in [5, 5.41) is 20.7. The van der Waals surface area contributed by atoms with Crippen LogP contribution in [0.2, 0.25) is 0 Å². The van der Waals surface area contributed by atoms with E-state index in [1.54, 1.807) is 4.90 Å². The van der Waals surface area contributed by atoms with Crippen LogP contribution in [0.3, 0.4) is 0 Å². The van der Waals surface area contributed by atoms with Crippen molar-refractivity contribution in [2.75, 3.05) is 0 Å². The lowest BCUT2D eigenvalue weighted by molar-refractivity contribution is -0.175. The van der Waals surface area contributed by atoms with Crippen LogP contribution in [-0.2, 0) is 16.1 Å². The Bertz CT molecular complexity index is 1530. The first-order valence-electron chi connectivity index (χ1n) is 16.5. The van der Waals surface area contributed by atoms with E-state index in [1.807, 2.05) is 56.3 Å². The molecule has 7 atom stereocenters. The molecule has 0 aromatic heterocycles. The number of carboxylic acid groups (broad SMARTS) is 1. The van der Waals surface area contributed by atoms with Gasteiger partial charge in [-0.05, 0) is 84.7 Å². The molecule has 6 rings (SSSR count). The summed E-state index contributed by atoms with van der Waals surface area (Å²) >= 11 is 0. The predicted molar refractivity (Wildman–Crippen MR) is 169 cm³/mol. The molecule has 0 heterocycles. The number of amides is 1. The van der Waals surface area contributed by atoms with Gasteiger partial charge in [0.25, 0.3) is 0 Å². The van der Waals surface area contributed by atoms with Crippen molar-refractivity contribution in [2.45, 2.75) is 105 Å². The standard InChI is InChI=1S/C38H48N2O4/c1-33(2)15-17-38(40(32(43)44)23-24-11-9-8-10-12-24)18-16-37(7)30(26(38)21-33)27(41)19-29-35(5)20-25(22-39)31(42)34(3,4)28(35)13-14-36(29,37)6/h8-12,19-20,26,28,30H,13-18,21,23H2,1-7H3,(H,43,44)/t26-,28-,30-,35-,36+,37+,38-/m0/s1. The van der Waals surface area contributed by atoms with Gasteiger partial charge in [-0.25, -0.2) is 4.79 Å². The zero-order valence-electron chi connectivity index (χ0n) is 27.5. The van der Waals surface area contributed by atoms with Crippen LogP contribution in [0.1, 0.15) is 99.0 Å². The molecule has 0 bridgehead atoms. The minimum Gasteiger partial charge on any atom is -0.465 e. The van der Waals surface area contributed by atoms with Gasteiger partial charge in [0, 0.05) is 23.3 Å². The highest BCUT2D eigenvalue weighted by Crippen LogP contribution is 2.74. The molecule has 6 nitrogen and oxygen atoms in total.